The zero-order chi connectivity index (χ0) is 14.8. The van der Waals surface area contributed by atoms with E-state index in [1.165, 1.54) is 30.4 Å². The lowest BCUT2D eigenvalue weighted by molar-refractivity contribution is 0.133. The van der Waals surface area contributed by atoms with E-state index in [1.54, 1.807) is 0 Å². The maximum absolute atomic E-state index is 6.04. The Kier molecular flexibility index (Phi) is 4.90. The monoisotopic (exact) mass is 273 g/mol. The molecule has 0 heterocycles. The van der Waals surface area contributed by atoms with Crippen LogP contribution in [-0.2, 0) is 6.42 Å². The number of benzene rings is 1. The Labute approximate surface area is 125 Å². The molecule has 20 heavy (non-hydrogen) atoms. The van der Waals surface area contributed by atoms with Crippen molar-refractivity contribution in [1.29, 1.82) is 0 Å². The third-order valence-corrected chi connectivity index (χ3v) is 5.34. The summed E-state index contributed by atoms with van der Waals surface area (Å²) >= 11 is 0. The molecule has 0 amide bonds. The van der Waals surface area contributed by atoms with Gasteiger partial charge in [0.05, 0.1) is 0 Å². The first-order valence-electron chi connectivity index (χ1n) is 8.24. The first kappa shape index (κ1) is 15.6. The van der Waals surface area contributed by atoms with Gasteiger partial charge in [0.1, 0.15) is 0 Å². The summed E-state index contributed by atoms with van der Waals surface area (Å²) in [5, 5.41) is 0. The zero-order valence-corrected chi connectivity index (χ0v) is 13.7. The van der Waals surface area contributed by atoms with Crippen LogP contribution in [0.3, 0.4) is 0 Å². The molecule has 0 spiro atoms. The summed E-state index contributed by atoms with van der Waals surface area (Å²) in [4.78, 5) is 0. The second-order valence-electron chi connectivity index (χ2n) is 7.57. The minimum atomic E-state index is 0.418. The van der Waals surface area contributed by atoms with Gasteiger partial charge in [0.25, 0.3) is 0 Å². The molecule has 3 unspecified atom stereocenters. The van der Waals surface area contributed by atoms with E-state index in [2.05, 4.69) is 52.0 Å². The quantitative estimate of drug-likeness (QED) is 0.844. The molecule has 1 heteroatoms. The van der Waals surface area contributed by atoms with Gasteiger partial charge in [-0.1, -0.05) is 52.0 Å². The molecule has 1 aromatic rings. The largest absolute Gasteiger partial charge is 0.330 e. The minimum Gasteiger partial charge on any atom is -0.330 e. The molecule has 2 N–H and O–H groups in total. The van der Waals surface area contributed by atoms with E-state index < -0.39 is 0 Å². The lowest BCUT2D eigenvalue weighted by atomic mass is 9.64. The maximum atomic E-state index is 6.04. The van der Waals surface area contributed by atoms with E-state index in [0.717, 1.165) is 18.9 Å². The van der Waals surface area contributed by atoms with Crippen LogP contribution in [0.1, 0.15) is 64.0 Å². The van der Waals surface area contributed by atoms with Crippen molar-refractivity contribution in [1.82, 2.24) is 0 Å². The Morgan fingerprint density at radius 3 is 2.25 bits per heavy atom. The summed E-state index contributed by atoms with van der Waals surface area (Å²) in [5.74, 6) is 2.14. The molecular formula is C19H31N. The molecule has 1 aromatic carbocycles. The first-order valence-corrected chi connectivity index (χ1v) is 8.24. The predicted octanol–water partition coefficient (Wildman–Crippen LogP) is 4.75. The molecule has 1 aliphatic rings. The smallest absolute Gasteiger partial charge is 0.00430 e. The SMILES string of the molecule is CCc1ccc(C2CC(C(C)(C)C)CCC2CN)cc1. The molecule has 0 radical (unpaired) electrons. The van der Waals surface area contributed by atoms with E-state index in [4.69, 9.17) is 5.73 Å². The van der Waals surface area contributed by atoms with Crippen molar-refractivity contribution in [3.63, 3.8) is 0 Å². The molecule has 0 saturated heterocycles. The summed E-state index contributed by atoms with van der Waals surface area (Å²) in [7, 11) is 0. The Hall–Kier alpha value is -0.820. The van der Waals surface area contributed by atoms with Crippen molar-refractivity contribution in [2.45, 2.75) is 59.3 Å². The van der Waals surface area contributed by atoms with Crippen molar-refractivity contribution < 1.29 is 0 Å². The third-order valence-electron chi connectivity index (χ3n) is 5.34. The van der Waals surface area contributed by atoms with Crippen LogP contribution in [0.15, 0.2) is 24.3 Å². The van der Waals surface area contributed by atoms with Gasteiger partial charge < -0.3 is 5.73 Å². The Morgan fingerprint density at radius 2 is 1.75 bits per heavy atom. The lowest BCUT2D eigenvalue weighted by Crippen LogP contribution is -2.34. The predicted molar refractivity (Wildman–Crippen MR) is 87.9 cm³/mol. The molecule has 112 valence electrons. The summed E-state index contributed by atoms with van der Waals surface area (Å²) in [5.41, 5.74) is 9.40. The molecule has 1 saturated carbocycles. The third kappa shape index (κ3) is 3.44. The van der Waals surface area contributed by atoms with E-state index in [1.807, 2.05) is 0 Å². The van der Waals surface area contributed by atoms with Crippen LogP contribution < -0.4 is 5.73 Å². The van der Waals surface area contributed by atoms with Crippen molar-refractivity contribution in [2.24, 2.45) is 23.0 Å². The average Bonchev–Trinajstić information content (AvgIpc) is 2.45. The standard InChI is InChI=1S/C19H31N/c1-5-14-6-8-15(9-7-14)18-12-17(19(2,3)4)11-10-16(18)13-20/h6-9,16-18H,5,10-13,20H2,1-4H3. The molecule has 1 nitrogen and oxygen atoms in total. The van der Waals surface area contributed by atoms with Gasteiger partial charge in [-0.3, -0.25) is 0 Å². The van der Waals surface area contributed by atoms with Crippen molar-refractivity contribution in [3.05, 3.63) is 35.4 Å². The summed E-state index contributed by atoms with van der Waals surface area (Å²) in [6, 6.07) is 9.28. The number of rotatable bonds is 3. The van der Waals surface area contributed by atoms with Gasteiger partial charge in [-0.15, -0.1) is 0 Å². The van der Waals surface area contributed by atoms with Crippen LogP contribution >= 0.6 is 0 Å². The Bertz CT molecular complexity index is 412. The highest BCUT2D eigenvalue weighted by Gasteiger charge is 2.35. The van der Waals surface area contributed by atoms with Crippen molar-refractivity contribution in [3.8, 4) is 0 Å². The van der Waals surface area contributed by atoms with Crippen LogP contribution in [-0.4, -0.2) is 6.54 Å². The molecule has 2 rings (SSSR count). The number of hydrogen-bond donors (Lipinski definition) is 1. The van der Waals surface area contributed by atoms with Crippen LogP contribution in [0, 0.1) is 17.3 Å². The fourth-order valence-electron chi connectivity index (χ4n) is 3.71. The molecule has 0 aromatic heterocycles. The van der Waals surface area contributed by atoms with Gasteiger partial charge in [0, 0.05) is 0 Å². The van der Waals surface area contributed by atoms with Gasteiger partial charge in [-0.2, -0.15) is 0 Å². The number of hydrogen-bond acceptors (Lipinski definition) is 1. The summed E-state index contributed by atoms with van der Waals surface area (Å²) < 4.78 is 0. The van der Waals surface area contributed by atoms with Crippen molar-refractivity contribution >= 4 is 0 Å². The van der Waals surface area contributed by atoms with Crippen molar-refractivity contribution in [2.75, 3.05) is 6.54 Å². The molecule has 1 fully saturated rings. The minimum absolute atomic E-state index is 0.418. The fourth-order valence-corrected chi connectivity index (χ4v) is 3.71. The highest BCUT2D eigenvalue weighted by atomic mass is 14.6. The summed E-state index contributed by atoms with van der Waals surface area (Å²) in [6.07, 6.45) is 5.06. The van der Waals surface area contributed by atoms with Gasteiger partial charge in [-0.25, -0.2) is 0 Å². The van der Waals surface area contributed by atoms with Crippen LogP contribution in [0.2, 0.25) is 0 Å². The van der Waals surface area contributed by atoms with Gasteiger partial charge in [-0.05, 0) is 66.5 Å². The normalized spacial score (nSPS) is 27.6. The molecule has 1 aliphatic carbocycles. The van der Waals surface area contributed by atoms with Gasteiger partial charge >= 0.3 is 0 Å². The second kappa shape index (κ2) is 6.30. The average molecular weight is 273 g/mol. The van der Waals surface area contributed by atoms with E-state index in [-0.39, 0.29) is 0 Å². The molecule has 0 bridgehead atoms. The van der Waals surface area contributed by atoms with Gasteiger partial charge in [0.2, 0.25) is 0 Å². The Balaban J connectivity index is 2.19. The fraction of sp³-hybridized carbons (Fsp3) is 0.684. The summed E-state index contributed by atoms with van der Waals surface area (Å²) in [6.45, 7) is 10.2. The van der Waals surface area contributed by atoms with E-state index in [9.17, 15) is 0 Å². The maximum Gasteiger partial charge on any atom is -0.00430 e. The molecule has 3 atom stereocenters. The van der Waals surface area contributed by atoms with E-state index >= 15 is 0 Å². The number of nitrogens with two attached hydrogens (primary N) is 1. The van der Waals surface area contributed by atoms with Crippen LogP contribution in [0.25, 0.3) is 0 Å². The van der Waals surface area contributed by atoms with Gasteiger partial charge in [0.15, 0.2) is 0 Å². The highest BCUT2D eigenvalue weighted by molar-refractivity contribution is 5.26. The molecular weight excluding hydrogens is 242 g/mol. The van der Waals surface area contributed by atoms with Crippen LogP contribution in [0.4, 0.5) is 0 Å². The van der Waals surface area contributed by atoms with E-state index in [0.29, 0.717) is 17.3 Å². The van der Waals surface area contributed by atoms with Crippen LogP contribution in [0.5, 0.6) is 0 Å². The first-order chi connectivity index (χ1) is 9.45. The second-order valence-corrected chi connectivity index (χ2v) is 7.57. The Morgan fingerprint density at radius 1 is 1.10 bits per heavy atom. The topological polar surface area (TPSA) is 26.0 Å². The molecule has 0 aliphatic heterocycles. The lowest BCUT2D eigenvalue weighted by Gasteiger charge is -2.42. The highest BCUT2D eigenvalue weighted by Crippen LogP contribution is 2.46. The number of aryl methyl sites for hydroxylation is 1. The zero-order valence-electron chi connectivity index (χ0n) is 13.7.